The van der Waals surface area contributed by atoms with Gasteiger partial charge in [0.05, 0.1) is 17.2 Å². The van der Waals surface area contributed by atoms with Crippen molar-refractivity contribution in [3.63, 3.8) is 0 Å². The van der Waals surface area contributed by atoms with Crippen molar-refractivity contribution < 1.29 is 9.21 Å². The van der Waals surface area contributed by atoms with E-state index in [1.807, 2.05) is 29.0 Å². The van der Waals surface area contributed by atoms with E-state index < -0.39 is 0 Å². The van der Waals surface area contributed by atoms with E-state index in [1.165, 1.54) is 24.2 Å². The number of amides is 1. The molecule has 1 aliphatic rings. The van der Waals surface area contributed by atoms with Gasteiger partial charge in [0.2, 0.25) is 0 Å². The number of halogens is 1. The maximum absolute atomic E-state index is 12.6. The van der Waals surface area contributed by atoms with Crippen molar-refractivity contribution in [2.45, 2.75) is 18.9 Å². The van der Waals surface area contributed by atoms with Crippen molar-refractivity contribution in [2.75, 3.05) is 19.6 Å². The number of thiazole rings is 1. The van der Waals surface area contributed by atoms with Crippen LogP contribution in [0, 0.1) is 0 Å². The molecule has 1 amide bonds. The second-order valence-corrected chi connectivity index (χ2v) is 8.84. The molecule has 1 saturated heterocycles. The van der Waals surface area contributed by atoms with E-state index in [-0.39, 0.29) is 11.9 Å². The minimum absolute atomic E-state index is 0.0720. The average molecular weight is 452 g/mol. The van der Waals surface area contributed by atoms with Crippen molar-refractivity contribution in [1.82, 2.24) is 15.2 Å². The number of hydrogen-bond acceptors (Lipinski definition) is 6. The molecule has 136 valence electrons. The maximum atomic E-state index is 12.6. The molecule has 0 saturated carbocycles. The topological polar surface area (TPSA) is 58.4 Å². The molecule has 1 atom stereocenters. The summed E-state index contributed by atoms with van der Waals surface area (Å²) < 4.78 is 6.63. The third kappa shape index (κ3) is 3.93. The van der Waals surface area contributed by atoms with Gasteiger partial charge in [0.1, 0.15) is 16.5 Å². The molecule has 1 fully saturated rings. The van der Waals surface area contributed by atoms with Crippen LogP contribution in [0.5, 0.6) is 0 Å². The summed E-state index contributed by atoms with van der Waals surface area (Å²) in [6, 6.07) is 5.96. The molecule has 1 N–H and O–H groups in total. The number of likely N-dealkylation sites (tertiary alicyclic amines) is 1. The van der Waals surface area contributed by atoms with Gasteiger partial charge >= 0.3 is 0 Å². The SMILES string of the molecule is O=C(NCC(c1ccco1)N1CCCC1)c1csc(-c2cc(Br)cs2)n1. The van der Waals surface area contributed by atoms with E-state index in [2.05, 4.69) is 31.1 Å². The first-order valence-corrected chi connectivity index (χ1v) is 11.0. The van der Waals surface area contributed by atoms with Crippen molar-refractivity contribution >= 4 is 44.5 Å². The first kappa shape index (κ1) is 17.9. The highest BCUT2D eigenvalue weighted by Crippen LogP contribution is 2.32. The highest BCUT2D eigenvalue weighted by Gasteiger charge is 2.26. The summed E-state index contributed by atoms with van der Waals surface area (Å²) in [5.74, 6) is 0.758. The molecule has 3 aromatic heterocycles. The Kier molecular flexibility index (Phi) is 5.54. The predicted octanol–water partition coefficient (Wildman–Crippen LogP) is 4.79. The van der Waals surface area contributed by atoms with Gasteiger partial charge in [-0.15, -0.1) is 22.7 Å². The fraction of sp³-hybridized carbons (Fsp3) is 0.333. The highest BCUT2D eigenvalue weighted by molar-refractivity contribution is 9.10. The number of nitrogens with one attached hydrogen (secondary N) is 1. The van der Waals surface area contributed by atoms with Gasteiger partial charge in [0, 0.05) is 21.8 Å². The summed E-state index contributed by atoms with van der Waals surface area (Å²) in [6.07, 6.45) is 4.07. The number of rotatable bonds is 6. The molecule has 26 heavy (non-hydrogen) atoms. The summed E-state index contributed by atoms with van der Waals surface area (Å²) in [6.45, 7) is 2.59. The number of furan rings is 1. The van der Waals surface area contributed by atoms with Gasteiger partial charge < -0.3 is 9.73 Å². The van der Waals surface area contributed by atoms with Gasteiger partial charge in [-0.1, -0.05) is 0 Å². The summed E-state index contributed by atoms with van der Waals surface area (Å²) in [5, 5.41) is 7.73. The molecular weight excluding hydrogens is 434 g/mol. The number of hydrogen-bond donors (Lipinski definition) is 1. The zero-order valence-electron chi connectivity index (χ0n) is 14.0. The number of thiophene rings is 1. The lowest BCUT2D eigenvalue weighted by Crippen LogP contribution is -2.36. The van der Waals surface area contributed by atoms with Crippen molar-refractivity contribution in [3.05, 3.63) is 51.1 Å². The minimum atomic E-state index is -0.140. The number of carbonyl (C=O) groups is 1. The summed E-state index contributed by atoms with van der Waals surface area (Å²) in [7, 11) is 0. The van der Waals surface area contributed by atoms with Crippen LogP contribution in [0.4, 0.5) is 0 Å². The van der Waals surface area contributed by atoms with E-state index in [4.69, 9.17) is 4.42 Å². The Morgan fingerprint density at radius 3 is 2.88 bits per heavy atom. The Morgan fingerprint density at radius 1 is 1.35 bits per heavy atom. The Bertz CT molecular complexity index is 869. The first-order chi connectivity index (χ1) is 12.7. The quantitative estimate of drug-likeness (QED) is 0.584. The lowest BCUT2D eigenvalue weighted by Gasteiger charge is -2.25. The molecule has 4 heterocycles. The zero-order chi connectivity index (χ0) is 17.9. The lowest BCUT2D eigenvalue weighted by atomic mass is 10.2. The zero-order valence-corrected chi connectivity index (χ0v) is 17.2. The van der Waals surface area contributed by atoms with Crippen molar-refractivity contribution in [2.24, 2.45) is 0 Å². The Morgan fingerprint density at radius 2 is 2.19 bits per heavy atom. The number of aromatic nitrogens is 1. The Balaban J connectivity index is 1.43. The van der Waals surface area contributed by atoms with E-state index in [0.717, 1.165) is 33.2 Å². The molecule has 0 aliphatic carbocycles. The molecule has 0 radical (unpaired) electrons. The maximum Gasteiger partial charge on any atom is 0.270 e. The fourth-order valence-corrected chi connectivity index (χ4v) is 5.45. The molecule has 3 aromatic rings. The van der Waals surface area contributed by atoms with Gasteiger partial charge in [0.25, 0.3) is 5.91 Å². The highest BCUT2D eigenvalue weighted by atomic mass is 79.9. The summed E-state index contributed by atoms with van der Waals surface area (Å²) >= 11 is 6.55. The van der Waals surface area contributed by atoms with Crippen LogP contribution in [0.2, 0.25) is 0 Å². The van der Waals surface area contributed by atoms with Crippen LogP contribution >= 0.6 is 38.6 Å². The lowest BCUT2D eigenvalue weighted by molar-refractivity contribution is 0.0929. The molecule has 0 spiro atoms. The van der Waals surface area contributed by atoms with E-state index in [0.29, 0.717) is 12.2 Å². The third-order valence-electron chi connectivity index (χ3n) is 4.42. The number of nitrogens with zero attached hydrogens (tertiary/aromatic N) is 2. The molecule has 4 rings (SSSR count). The van der Waals surface area contributed by atoms with Crippen LogP contribution in [-0.2, 0) is 0 Å². The minimum Gasteiger partial charge on any atom is -0.468 e. The smallest absolute Gasteiger partial charge is 0.270 e. The predicted molar refractivity (Wildman–Crippen MR) is 108 cm³/mol. The van der Waals surface area contributed by atoms with Gasteiger partial charge in [-0.3, -0.25) is 9.69 Å². The van der Waals surface area contributed by atoms with Gasteiger partial charge in [-0.05, 0) is 60.1 Å². The Hall–Kier alpha value is -1.48. The van der Waals surface area contributed by atoms with Crippen molar-refractivity contribution in [3.8, 4) is 9.88 Å². The molecular formula is C18H18BrN3O2S2. The normalized spacial score (nSPS) is 16.0. The summed E-state index contributed by atoms with van der Waals surface area (Å²) in [4.78, 5) is 20.5. The standard InChI is InChI=1S/C18H18BrN3O2S2/c19-12-8-16(25-10-12)18-21-13(11-26-18)17(23)20-9-14(15-4-3-7-24-15)22-5-1-2-6-22/h3-4,7-8,10-11,14H,1-2,5-6,9H2,(H,20,23). The van der Waals surface area contributed by atoms with Crippen LogP contribution in [0.1, 0.15) is 35.1 Å². The summed E-state index contributed by atoms with van der Waals surface area (Å²) in [5.41, 5.74) is 0.467. The third-order valence-corrected chi connectivity index (χ3v) is 7.13. The molecule has 1 aliphatic heterocycles. The van der Waals surface area contributed by atoms with Gasteiger partial charge in [-0.25, -0.2) is 4.98 Å². The van der Waals surface area contributed by atoms with Crippen LogP contribution in [0.25, 0.3) is 9.88 Å². The average Bonchev–Trinajstić information content (AvgIpc) is 3.42. The van der Waals surface area contributed by atoms with E-state index in [1.54, 1.807) is 17.6 Å². The molecule has 5 nitrogen and oxygen atoms in total. The fourth-order valence-electron chi connectivity index (χ4n) is 3.14. The van der Waals surface area contributed by atoms with E-state index >= 15 is 0 Å². The number of carbonyl (C=O) groups excluding carboxylic acids is 1. The van der Waals surface area contributed by atoms with Crippen LogP contribution in [0.15, 0.2) is 44.1 Å². The Labute approximate surface area is 168 Å². The van der Waals surface area contributed by atoms with Crippen LogP contribution < -0.4 is 5.32 Å². The van der Waals surface area contributed by atoms with Gasteiger partial charge in [0.15, 0.2) is 0 Å². The van der Waals surface area contributed by atoms with Crippen molar-refractivity contribution in [1.29, 1.82) is 0 Å². The van der Waals surface area contributed by atoms with Crippen LogP contribution in [0.3, 0.4) is 0 Å². The molecule has 0 bridgehead atoms. The first-order valence-electron chi connectivity index (χ1n) is 8.46. The molecule has 8 heteroatoms. The molecule has 1 unspecified atom stereocenters. The van der Waals surface area contributed by atoms with E-state index in [9.17, 15) is 4.79 Å². The molecule has 0 aromatic carbocycles. The van der Waals surface area contributed by atoms with Crippen LogP contribution in [-0.4, -0.2) is 35.4 Å². The van der Waals surface area contributed by atoms with Gasteiger partial charge in [-0.2, -0.15) is 0 Å². The monoisotopic (exact) mass is 451 g/mol. The largest absolute Gasteiger partial charge is 0.468 e. The second-order valence-electron chi connectivity index (χ2n) is 6.15. The second kappa shape index (κ2) is 8.04.